The van der Waals surface area contributed by atoms with Crippen LogP contribution in [0.15, 0.2) is 48.5 Å². The largest absolute Gasteiger partial charge is 0.497 e. The third-order valence-electron chi connectivity index (χ3n) is 4.93. The van der Waals surface area contributed by atoms with Gasteiger partial charge in [0, 0.05) is 11.6 Å². The summed E-state index contributed by atoms with van der Waals surface area (Å²) in [5, 5.41) is 25.7. The number of hydrogen-bond donors (Lipinski definition) is 3. The van der Waals surface area contributed by atoms with Crippen LogP contribution in [0.5, 0.6) is 5.75 Å². The van der Waals surface area contributed by atoms with Crippen molar-refractivity contribution >= 4 is 28.8 Å². The number of benzene rings is 2. The number of Topliss-reactive ketones (excluding diaryl/α,β-unsaturated/α-hetero) is 1. The number of nitro groups is 1. The molecule has 8 nitrogen and oxygen atoms in total. The molecule has 1 saturated heterocycles. The average Bonchev–Trinajstić information content (AvgIpc) is 2.72. The van der Waals surface area contributed by atoms with Gasteiger partial charge in [-0.3, -0.25) is 14.9 Å². The number of nitro benzene ring substituents is 1. The van der Waals surface area contributed by atoms with Crippen LogP contribution in [0.4, 0.5) is 18.9 Å². The Balaban J connectivity index is 2.21. The molecule has 1 aliphatic rings. The van der Waals surface area contributed by atoms with Crippen molar-refractivity contribution in [1.29, 1.82) is 0 Å². The van der Waals surface area contributed by atoms with Gasteiger partial charge in [-0.1, -0.05) is 18.2 Å². The van der Waals surface area contributed by atoms with Crippen molar-refractivity contribution in [3.05, 3.63) is 69.8 Å². The molecule has 2 aromatic carbocycles. The normalized spacial score (nSPS) is 23.5. The standard InChI is InChI=1S/C19H16F3N3O5S/c1-30-11-8-6-10(7-9-11)16(26)14-15(12-4-2-3-5-13(12)25(28)29)23-17(31)24-18(14,27)19(20,21)22/h2-9,14-15,27H,1H3,(H2,23,24,31). The van der Waals surface area contributed by atoms with Gasteiger partial charge in [-0.25, -0.2) is 0 Å². The summed E-state index contributed by atoms with van der Waals surface area (Å²) >= 11 is 4.82. The number of rotatable bonds is 5. The van der Waals surface area contributed by atoms with Gasteiger partial charge in [0.1, 0.15) is 11.7 Å². The van der Waals surface area contributed by atoms with Crippen LogP contribution in [0.25, 0.3) is 0 Å². The van der Waals surface area contributed by atoms with Gasteiger partial charge in [0.05, 0.1) is 23.6 Å². The van der Waals surface area contributed by atoms with E-state index in [1.54, 1.807) is 5.32 Å². The predicted molar refractivity (Wildman–Crippen MR) is 107 cm³/mol. The summed E-state index contributed by atoms with van der Waals surface area (Å²) in [5.41, 5.74) is -4.69. The summed E-state index contributed by atoms with van der Waals surface area (Å²) in [7, 11) is 1.37. The predicted octanol–water partition coefficient (Wildman–Crippen LogP) is 2.87. The number of ether oxygens (including phenoxy) is 1. The minimum absolute atomic E-state index is 0.159. The summed E-state index contributed by atoms with van der Waals surface area (Å²) in [6.07, 6.45) is -5.34. The lowest BCUT2D eigenvalue weighted by molar-refractivity contribution is -0.386. The van der Waals surface area contributed by atoms with E-state index in [9.17, 15) is 33.2 Å². The van der Waals surface area contributed by atoms with Crippen molar-refractivity contribution in [2.45, 2.75) is 17.9 Å². The summed E-state index contributed by atoms with van der Waals surface area (Å²) in [6.45, 7) is 0. The maximum Gasteiger partial charge on any atom is 0.437 e. The number of alkyl halides is 3. The Morgan fingerprint density at radius 3 is 2.39 bits per heavy atom. The van der Waals surface area contributed by atoms with E-state index in [0.29, 0.717) is 5.75 Å². The molecule has 0 aliphatic carbocycles. The molecule has 1 aliphatic heterocycles. The highest BCUT2D eigenvalue weighted by Crippen LogP contribution is 2.45. The van der Waals surface area contributed by atoms with Crippen LogP contribution >= 0.6 is 12.2 Å². The third-order valence-corrected chi connectivity index (χ3v) is 5.15. The molecule has 3 rings (SSSR count). The molecule has 3 N–H and O–H groups in total. The topological polar surface area (TPSA) is 114 Å². The highest BCUT2D eigenvalue weighted by atomic mass is 32.1. The molecule has 2 aromatic rings. The molecular weight excluding hydrogens is 439 g/mol. The first-order chi connectivity index (χ1) is 14.5. The van der Waals surface area contributed by atoms with Gasteiger partial charge in [-0.2, -0.15) is 13.2 Å². The van der Waals surface area contributed by atoms with E-state index in [4.69, 9.17) is 17.0 Å². The Labute approximate surface area is 179 Å². The van der Waals surface area contributed by atoms with Gasteiger partial charge in [0.2, 0.25) is 5.72 Å². The number of hydrogen-bond acceptors (Lipinski definition) is 6. The van der Waals surface area contributed by atoms with Gasteiger partial charge in [-0.15, -0.1) is 0 Å². The second-order valence-electron chi connectivity index (χ2n) is 6.73. The number of carbonyl (C=O) groups excluding carboxylic acids is 1. The zero-order chi connectivity index (χ0) is 23.0. The van der Waals surface area contributed by atoms with Crippen molar-refractivity contribution in [2.75, 3.05) is 7.11 Å². The molecule has 1 heterocycles. The van der Waals surface area contributed by atoms with Gasteiger partial charge in [0.15, 0.2) is 10.9 Å². The Kier molecular flexibility index (Phi) is 5.87. The number of methoxy groups -OCH3 is 1. The minimum atomic E-state index is -5.34. The number of nitrogens with zero attached hydrogens (tertiary/aromatic N) is 1. The summed E-state index contributed by atoms with van der Waals surface area (Å²) in [4.78, 5) is 23.9. The van der Waals surface area contributed by atoms with Crippen LogP contribution in [-0.2, 0) is 0 Å². The number of aliphatic hydroxyl groups is 1. The van der Waals surface area contributed by atoms with Crippen molar-refractivity contribution in [3.63, 3.8) is 0 Å². The highest BCUT2D eigenvalue weighted by molar-refractivity contribution is 7.80. The quantitative estimate of drug-likeness (QED) is 0.273. The number of halogens is 3. The Morgan fingerprint density at radius 2 is 1.84 bits per heavy atom. The van der Waals surface area contributed by atoms with Crippen LogP contribution in [0, 0.1) is 16.0 Å². The van der Waals surface area contributed by atoms with E-state index in [0.717, 1.165) is 6.07 Å². The first-order valence-electron chi connectivity index (χ1n) is 8.79. The monoisotopic (exact) mass is 455 g/mol. The van der Waals surface area contributed by atoms with E-state index in [1.807, 2.05) is 0 Å². The first kappa shape index (κ1) is 22.4. The second kappa shape index (κ2) is 8.12. The number of para-hydroxylation sites is 1. The Bertz CT molecular complexity index is 1030. The van der Waals surface area contributed by atoms with E-state index >= 15 is 0 Å². The molecule has 164 valence electrons. The van der Waals surface area contributed by atoms with Crippen molar-refractivity contribution < 1.29 is 32.7 Å². The van der Waals surface area contributed by atoms with E-state index in [1.165, 1.54) is 49.6 Å². The molecule has 12 heteroatoms. The number of nitrogens with one attached hydrogen (secondary N) is 2. The molecule has 0 radical (unpaired) electrons. The first-order valence-corrected chi connectivity index (χ1v) is 9.19. The third kappa shape index (κ3) is 4.03. The molecule has 3 unspecified atom stereocenters. The van der Waals surface area contributed by atoms with Crippen LogP contribution in [0.1, 0.15) is 22.0 Å². The van der Waals surface area contributed by atoms with E-state index < -0.39 is 45.4 Å². The maximum absolute atomic E-state index is 14.0. The molecule has 0 saturated carbocycles. The highest BCUT2D eigenvalue weighted by Gasteiger charge is 2.66. The van der Waals surface area contributed by atoms with E-state index in [2.05, 4.69) is 5.32 Å². The zero-order valence-corrected chi connectivity index (χ0v) is 16.7. The smallest absolute Gasteiger partial charge is 0.437 e. The summed E-state index contributed by atoms with van der Waals surface area (Å²) < 4.78 is 46.9. The fourth-order valence-corrected chi connectivity index (χ4v) is 3.73. The number of carbonyl (C=O) groups is 1. The molecule has 0 aromatic heterocycles. The van der Waals surface area contributed by atoms with Gasteiger partial charge in [-0.05, 0) is 36.5 Å². The minimum Gasteiger partial charge on any atom is -0.497 e. The maximum atomic E-state index is 14.0. The molecule has 31 heavy (non-hydrogen) atoms. The van der Waals surface area contributed by atoms with Gasteiger partial charge in [0.25, 0.3) is 5.69 Å². The average molecular weight is 455 g/mol. The SMILES string of the molecule is COc1ccc(C(=O)C2C(c3ccccc3[N+](=O)[O-])NC(=S)NC2(O)C(F)(F)F)cc1. The lowest BCUT2D eigenvalue weighted by Crippen LogP contribution is -2.72. The molecule has 0 bridgehead atoms. The fourth-order valence-electron chi connectivity index (χ4n) is 3.45. The Morgan fingerprint density at radius 1 is 1.23 bits per heavy atom. The molecule has 3 atom stereocenters. The van der Waals surface area contributed by atoms with Crippen molar-refractivity contribution in [2.24, 2.45) is 5.92 Å². The van der Waals surface area contributed by atoms with Crippen molar-refractivity contribution in [3.8, 4) is 5.75 Å². The molecule has 0 spiro atoms. The zero-order valence-electron chi connectivity index (χ0n) is 15.8. The molecule has 1 fully saturated rings. The van der Waals surface area contributed by atoms with Crippen LogP contribution in [-0.4, -0.2) is 39.9 Å². The van der Waals surface area contributed by atoms with Crippen LogP contribution in [0.3, 0.4) is 0 Å². The molecule has 0 amide bonds. The van der Waals surface area contributed by atoms with Gasteiger partial charge < -0.3 is 20.5 Å². The second-order valence-corrected chi connectivity index (χ2v) is 7.13. The van der Waals surface area contributed by atoms with Crippen LogP contribution in [0.2, 0.25) is 0 Å². The van der Waals surface area contributed by atoms with Crippen LogP contribution < -0.4 is 15.4 Å². The van der Waals surface area contributed by atoms with E-state index in [-0.39, 0.29) is 11.1 Å². The molecular formula is C19H16F3N3O5S. The summed E-state index contributed by atoms with van der Waals surface area (Å²) in [5.74, 6) is -2.99. The lowest BCUT2D eigenvalue weighted by atomic mass is 9.77. The number of ketones is 1. The number of thiocarbonyl (C=S) groups is 1. The Hall–Kier alpha value is -3.25. The fraction of sp³-hybridized carbons (Fsp3) is 0.263. The van der Waals surface area contributed by atoms with Crippen molar-refractivity contribution in [1.82, 2.24) is 10.6 Å². The summed E-state index contributed by atoms with van der Waals surface area (Å²) in [6, 6.07) is 8.56. The lowest BCUT2D eigenvalue weighted by Gasteiger charge is -2.46. The van der Waals surface area contributed by atoms with Gasteiger partial charge >= 0.3 is 6.18 Å².